The maximum Gasteiger partial charge on any atom is 0.256 e. The summed E-state index contributed by atoms with van der Waals surface area (Å²) in [6.45, 7) is -0.0229. The van der Waals surface area contributed by atoms with Crippen LogP contribution in [0, 0.1) is 11.6 Å². The minimum atomic E-state index is -1.20. The molecule has 4 heterocycles. The van der Waals surface area contributed by atoms with Gasteiger partial charge >= 0.3 is 0 Å². The molecule has 26 heavy (non-hydrogen) atoms. The van der Waals surface area contributed by atoms with Crippen LogP contribution in [-0.2, 0) is 0 Å². The standard InChI is InChI=1S/C15H13F2N7O2/c1-18-11-5-10-21-9-4-8(16)12(17)15(23-9)26-3-2-19-14(25)7-6-20-24(11)13(7)22-10/h4-6,18H,2-3H2,1H3,(H,19,25)(H,21,22,23). The van der Waals surface area contributed by atoms with Crippen LogP contribution in [0.4, 0.5) is 26.2 Å². The molecule has 0 fully saturated rings. The average Bonchev–Trinajstić information content (AvgIpc) is 3.05. The number of pyridine rings is 1. The molecule has 134 valence electrons. The summed E-state index contributed by atoms with van der Waals surface area (Å²) in [5, 5.41) is 12.5. The Morgan fingerprint density at radius 1 is 1.27 bits per heavy atom. The van der Waals surface area contributed by atoms with Crippen molar-refractivity contribution in [3.63, 3.8) is 0 Å². The number of hydrogen-bond acceptors (Lipinski definition) is 7. The van der Waals surface area contributed by atoms with E-state index < -0.39 is 23.4 Å². The summed E-state index contributed by atoms with van der Waals surface area (Å²) in [6.07, 6.45) is 1.39. The third kappa shape index (κ3) is 2.62. The zero-order valence-corrected chi connectivity index (χ0v) is 13.5. The number of anilines is 3. The molecule has 11 heteroatoms. The Labute approximate surface area is 145 Å². The van der Waals surface area contributed by atoms with E-state index in [1.165, 1.54) is 10.7 Å². The van der Waals surface area contributed by atoms with Gasteiger partial charge in [-0.1, -0.05) is 0 Å². The van der Waals surface area contributed by atoms with E-state index in [0.29, 0.717) is 11.5 Å². The highest BCUT2D eigenvalue weighted by Crippen LogP contribution is 2.25. The molecule has 0 saturated carbocycles. The molecule has 0 aromatic carbocycles. The molecule has 3 N–H and O–H groups in total. The Hall–Kier alpha value is -3.50. The predicted octanol–water partition coefficient (Wildman–Crippen LogP) is 1.31. The largest absolute Gasteiger partial charge is 0.474 e. The number of nitrogens with one attached hydrogen (secondary N) is 3. The van der Waals surface area contributed by atoms with Crippen LogP contribution in [0.15, 0.2) is 18.3 Å². The van der Waals surface area contributed by atoms with Gasteiger partial charge in [0.15, 0.2) is 11.5 Å². The topological polar surface area (TPSA) is 105 Å². The highest BCUT2D eigenvalue weighted by atomic mass is 19.2. The monoisotopic (exact) mass is 361 g/mol. The number of aromatic nitrogens is 4. The first-order valence-electron chi connectivity index (χ1n) is 7.67. The van der Waals surface area contributed by atoms with Crippen molar-refractivity contribution in [3.05, 3.63) is 35.5 Å². The van der Waals surface area contributed by atoms with Crippen molar-refractivity contribution in [2.75, 3.05) is 30.8 Å². The van der Waals surface area contributed by atoms with E-state index in [1.54, 1.807) is 13.1 Å². The Bertz CT molecular complexity index is 1020. The molecule has 3 aromatic rings. The summed E-state index contributed by atoms with van der Waals surface area (Å²) in [7, 11) is 1.68. The van der Waals surface area contributed by atoms with E-state index in [1.807, 2.05) is 0 Å². The summed E-state index contributed by atoms with van der Waals surface area (Å²) in [4.78, 5) is 20.6. The summed E-state index contributed by atoms with van der Waals surface area (Å²) in [5.41, 5.74) is 0.543. The van der Waals surface area contributed by atoms with Crippen molar-refractivity contribution >= 4 is 29.0 Å². The molecule has 1 aliphatic rings. The molecule has 0 unspecified atom stereocenters. The smallest absolute Gasteiger partial charge is 0.256 e. The molecule has 0 saturated heterocycles. The van der Waals surface area contributed by atoms with Gasteiger partial charge in [0.2, 0.25) is 5.82 Å². The highest BCUT2D eigenvalue weighted by Gasteiger charge is 2.19. The van der Waals surface area contributed by atoms with E-state index >= 15 is 0 Å². The Balaban J connectivity index is 1.90. The van der Waals surface area contributed by atoms with Crippen molar-refractivity contribution < 1.29 is 18.3 Å². The molecule has 0 radical (unpaired) electrons. The third-order valence-corrected chi connectivity index (χ3v) is 3.74. The first kappa shape index (κ1) is 16.0. The van der Waals surface area contributed by atoms with Gasteiger partial charge in [-0.25, -0.2) is 9.37 Å². The van der Waals surface area contributed by atoms with Crippen LogP contribution in [0.1, 0.15) is 10.4 Å². The molecule has 0 atom stereocenters. The van der Waals surface area contributed by atoms with Gasteiger partial charge in [-0.05, 0) is 0 Å². The predicted molar refractivity (Wildman–Crippen MR) is 87.8 cm³/mol. The Morgan fingerprint density at radius 2 is 2.08 bits per heavy atom. The van der Waals surface area contributed by atoms with Crippen LogP contribution < -0.4 is 20.7 Å². The molecule has 9 nitrogen and oxygen atoms in total. The number of carbonyl (C=O) groups is 1. The van der Waals surface area contributed by atoms with Crippen LogP contribution in [0.5, 0.6) is 5.88 Å². The van der Waals surface area contributed by atoms with E-state index in [4.69, 9.17) is 4.74 Å². The number of amides is 1. The van der Waals surface area contributed by atoms with Gasteiger partial charge in [0.25, 0.3) is 11.8 Å². The lowest BCUT2D eigenvalue weighted by Crippen LogP contribution is -2.28. The molecule has 4 bridgehead atoms. The van der Waals surface area contributed by atoms with Crippen LogP contribution >= 0.6 is 0 Å². The minimum absolute atomic E-state index is 0.0115. The van der Waals surface area contributed by atoms with Crippen LogP contribution in [0.25, 0.3) is 5.65 Å². The van der Waals surface area contributed by atoms with Crippen molar-refractivity contribution in [3.8, 4) is 5.88 Å². The fraction of sp³-hybridized carbons (Fsp3) is 0.200. The SMILES string of the molecule is CNc1cc2nc3c(cnn13)C(=O)NCCOc1nc(cc(F)c1F)N2. The number of rotatable bonds is 1. The molecule has 1 amide bonds. The van der Waals surface area contributed by atoms with Gasteiger partial charge < -0.3 is 20.7 Å². The molecule has 0 aliphatic carbocycles. The summed E-state index contributed by atoms with van der Waals surface area (Å²) < 4.78 is 34.3. The second-order valence-electron chi connectivity index (χ2n) is 5.41. The van der Waals surface area contributed by atoms with Gasteiger partial charge in [0.05, 0.1) is 12.7 Å². The second kappa shape index (κ2) is 6.10. The van der Waals surface area contributed by atoms with Gasteiger partial charge in [0, 0.05) is 19.2 Å². The first-order chi connectivity index (χ1) is 12.6. The van der Waals surface area contributed by atoms with Crippen molar-refractivity contribution in [2.45, 2.75) is 0 Å². The van der Waals surface area contributed by atoms with Crippen LogP contribution in [0.3, 0.4) is 0 Å². The number of ether oxygens (including phenoxy) is 1. The minimum Gasteiger partial charge on any atom is -0.474 e. The Morgan fingerprint density at radius 3 is 2.88 bits per heavy atom. The van der Waals surface area contributed by atoms with Crippen molar-refractivity contribution in [1.29, 1.82) is 0 Å². The van der Waals surface area contributed by atoms with Crippen LogP contribution in [-0.4, -0.2) is 45.7 Å². The maximum atomic E-state index is 13.8. The zero-order chi connectivity index (χ0) is 18.3. The summed E-state index contributed by atoms with van der Waals surface area (Å²) in [6, 6.07) is 2.48. The van der Waals surface area contributed by atoms with E-state index in [0.717, 1.165) is 6.07 Å². The number of hydrogen-bond donors (Lipinski definition) is 3. The van der Waals surface area contributed by atoms with Crippen molar-refractivity contribution in [1.82, 2.24) is 24.9 Å². The number of carbonyl (C=O) groups excluding carboxylic acids is 1. The van der Waals surface area contributed by atoms with Gasteiger partial charge in [0.1, 0.15) is 29.6 Å². The lowest BCUT2D eigenvalue weighted by Gasteiger charge is -2.11. The fourth-order valence-corrected chi connectivity index (χ4v) is 2.54. The fourth-order valence-electron chi connectivity index (χ4n) is 2.54. The van der Waals surface area contributed by atoms with Crippen LogP contribution in [0.2, 0.25) is 0 Å². The average molecular weight is 361 g/mol. The quantitative estimate of drug-likeness (QED) is 0.600. The Kier molecular flexibility index (Phi) is 3.75. The molecule has 0 spiro atoms. The summed E-state index contributed by atoms with van der Waals surface area (Å²) in [5.74, 6) is -2.42. The maximum absolute atomic E-state index is 13.8. The first-order valence-corrected chi connectivity index (χ1v) is 7.67. The zero-order valence-electron chi connectivity index (χ0n) is 13.5. The normalized spacial score (nSPS) is 13.9. The molecular formula is C15H13F2N7O2. The molecular weight excluding hydrogens is 348 g/mol. The molecule has 4 rings (SSSR count). The number of fused-ring (bicyclic) bond motifs is 3. The number of halogens is 2. The van der Waals surface area contributed by atoms with E-state index in [-0.39, 0.29) is 30.4 Å². The van der Waals surface area contributed by atoms with E-state index in [2.05, 4.69) is 31.0 Å². The second-order valence-corrected chi connectivity index (χ2v) is 5.41. The van der Waals surface area contributed by atoms with Gasteiger partial charge in [-0.3, -0.25) is 4.79 Å². The van der Waals surface area contributed by atoms with E-state index in [9.17, 15) is 13.6 Å². The lowest BCUT2D eigenvalue weighted by atomic mass is 10.3. The number of nitrogens with zero attached hydrogens (tertiary/aromatic N) is 4. The van der Waals surface area contributed by atoms with Crippen molar-refractivity contribution in [2.24, 2.45) is 0 Å². The molecule has 1 aliphatic heterocycles. The molecule has 3 aromatic heterocycles. The summed E-state index contributed by atoms with van der Waals surface area (Å²) >= 11 is 0. The van der Waals surface area contributed by atoms with Gasteiger partial charge in [-0.15, -0.1) is 0 Å². The lowest BCUT2D eigenvalue weighted by molar-refractivity contribution is 0.0947. The van der Waals surface area contributed by atoms with Gasteiger partial charge in [-0.2, -0.15) is 19.0 Å². The third-order valence-electron chi connectivity index (χ3n) is 3.74. The highest BCUT2D eigenvalue weighted by molar-refractivity contribution is 6.00.